The van der Waals surface area contributed by atoms with Crippen LogP contribution < -0.4 is 10.2 Å². The summed E-state index contributed by atoms with van der Waals surface area (Å²) in [6, 6.07) is 4.77. The van der Waals surface area contributed by atoms with Crippen LogP contribution >= 0.6 is 0 Å². The van der Waals surface area contributed by atoms with Gasteiger partial charge in [0.1, 0.15) is 12.1 Å². The number of anilines is 2. The summed E-state index contributed by atoms with van der Waals surface area (Å²) >= 11 is 0. The minimum atomic E-state index is -1.62. The van der Waals surface area contributed by atoms with Crippen LogP contribution in [0.25, 0.3) is 10.9 Å². The van der Waals surface area contributed by atoms with Crippen LogP contribution in [0.5, 0.6) is 0 Å². The van der Waals surface area contributed by atoms with Gasteiger partial charge in [-0.2, -0.15) is 0 Å². The summed E-state index contributed by atoms with van der Waals surface area (Å²) in [4.78, 5) is 58.0. The maximum Gasteiger partial charge on any atom is 0.344 e. The molecule has 0 saturated heterocycles. The summed E-state index contributed by atoms with van der Waals surface area (Å²) in [7, 11) is 0. The van der Waals surface area contributed by atoms with Crippen LogP contribution in [0.15, 0.2) is 36.3 Å². The van der Waals surface area contributed by atoms with E-state index in [1.165, 1.54) is 6.33 Å². The molecule has 0 aliphatic carbocycles. The van der Waals surface area contributed by atoms with Crippen molar-refractivity contribution in [2.75, 3.05) is 10.2 Å². The molecule has 0 aliphatic rings. The number of nitrogens with one attached hydrogen (secondary N) is 1. The molecule has 1 heterocycles. The first-order chi connectivity index (χ1) is 15.6. The molecule has 0 atom stereocenters. The van der Waals surface area contributed by atoms with Crippen LogP contribution in [0.2, 0.25) is 0 Å². The third-order valence-corrected chi connectivity index (χ3v) is 4.55. The number of rotatable bonds is 7. The summed E-state index contributed by atoms with van der Waals surface area (Å²) in [6.45, 7) is 11.4. The van der Waals surface area contributed by atoms with Crippen molar-refractivity contribution in [3.05, 3.63) is 36.3 Å². The van der Waals surface area contributed by atoms with Gasteiger partial charge in [-0.1, -0.05) is 41.5 Å². The van der Waals surface area contributed by atoms with Crippen molar-refractivity contribution >= 4 is 46.2 Å². The van der Waals surface area contributed by atoms with Crippen LogP contribution in [0.3, 0.4) is 0 Å². The van der Waals surface area contributed by atoms with Gasteiger partial charge in [-0.25, -0.2) is 19.6 Å². The van der Waals surface area contributed by atoms with Crippen molar-refractivity contribution in [2.24, 2.45) is 10.8 Å². The highest BCUT2D eigenvalue weighted by Crippen LogP contribution is 2.30. The van der Waals surface area contributed by atoms with Crippen LogP contribution in [0.4, 0.5) is 11.5 Å². The summed E-state index contributed by atoms with van der Waals surface area (Å²) in [6.07, 6.45) is 2.32. The number of carbonyl (C=O) groups excluding carboxylic acids is 2. The van der Waals surface area contributed by atoms with Gasteiger partial charge in [-0.05, 0) is 29.0 Å². The van der Waals surface area contributed by atoms with E-state index < -0.39 is 17.5 Å². The van der Waals surface area contributed by atoms with E-state index in [4.69, 9.17) is 10.2 Å². The molecule has 0 bridgehead atoms. The number of carboxylic acid groups (broad SMARTS) is 2. The Kier molecular flexibility index (Phi) is 7.76. The van der Waals surface area contributed by atoms with Crippen molar-refractivity contribution in [1.29, 1.82) is 0 Å². The summed E-state index contributed by atoms with van der Waals surface area (Å²) in [5.41, 5.74) is -0.814. The number of aliphatic carboxylic acids is 2. The average molecular weight is 471 g/mol. The van der Waals surface area contributed by atoms with Crippen molar-refractivity contribution in [2.45, 2.75) is 54.4 Å². The molecule has 1 aromatic heterocycles. The quantitative estimate of drug-likeness (QED) is 0.312. The largest absolute Gasteiger partial charge is 0.477 e. The maximum absolute atomic E-state index is 13.2. The van der Waals surface area contributed by atoms with E-state index in [1.807, 2.05) is 41.5 Å². The number of hydrogen-bond acceptors (Lipinski definition) is 7. The molecule has 0 radical (unpaired) electrons. The van der Waals surface area contributed by atoms with E-state index in [9.17, 15) is 19.2 Å². The number of benzene rings is 1. The van der Waals surface area contributed by atoms with E-state index in [0.29, 0.717) is 16.6 Å². The van der Waals surface area contributed by atoms with Gasteiger partial charge in [0, 0.05) is 24.4 Å². The maximum atomic E-state index is 13.2. The summed E-state index contributed by atoms with van der Waals surface area (Å²) in [5, 5.41) is 21.1. The van der Waals surface area contributed by atoms with Crippen LogP contribution in [-0.4, -0.2) is 43.9 Å². The van der Waals surface area contributed by atoms with Crippen LogP contribution in [0, 0.1) is 10.8 Å². The van der Waals surface area contributed by atoms with Gasteiger partial charge in [0.15, 0.2) is 5.57 Å². The zero-order chi connectivity index (χ0) is 25.8. The van der Waals surface area contributed by atoms with Crippen LogP contribution in [-0.2, 0) is 19.2 Å². The van der Waals surface area contributed by atoms with Gasteiger partial charge < -0.3 is 15.5 Å². The number of amides is 2. The Labute approximate surface area is 197 Å². The number of nitrogens with zero attached hydrogens (tertiary/aromatic N) is 3. The summed E-state index contributed by atoms with van der Waals surface area (Å²) < 4.78 is 0. The SMILES string of the molecule is CC(C)(C)CC(=O)N(C(=O)CC(C)(C)C)c1ccc2ncnc(NC=C(C(=O)O)C(=O)O)c2c1. The van der Waals surface area contributed by atoms with E-state index in [1.54, 1.807) is 18.2 Å². The fourth-order valence-electron chi connectivity index (χ4n) is 3.15. The first-order valence-electron chi connectivity index (χ1n) is 10.6. The summed E-state index contributed by atoms with van der Waals surface area (Å²) in [5.74, 6) is -3.83. The molecule has 10 heteroatoms. The number of hydrogen-bond donors (Lipinski definition) is 3. The Morgan fingerprint density at radius 3 is 1.91 bits per heavy atom. The van der Waals surface area contributed by atoms with E-state index >= 15 is 0 Å². The van der Waals surface area contributed by atoms with Crippen molar-refractivity contribution in [1.82, 2.24) is 9.97 Å². The molecular formula is C24H30N4O6. The molecule has 2 rings (SSSR count). The Balaban J connectivity index is 2.59. The van der Waals surface area contributed by atoms with Crippen molar-refractivity contribution in [3.8, 4) is 0 Å². The van der Waals surface area contributed by atoms with Gasteiger partial charge in [0.05, 0.1) is 11.2 Å². The molecule has 0 fully saturated rings. The molecular weight excluding hydrogens is 440 g/mol. The lowest BCUT2D eigenvalue weighted by Gasteiger charge is -2.28. The molecule has 1 aromatic carbocycles. The molecule has 182 valence electrons. The standard InChI is InChI=1S/C24H30N4O6/c1-23(2,3)10-18(29)28(19(30)11-24(4,5)6)14-7-8-17-15(9-14)20(27-13-26-17)25-12-16(21(31)32)22(33)34/h7-9,12-13H,10-11H2,1-6H3,(H,31,32)(H,33,34)(H,25,26,27). The third-order valence-electron chi connectivity index (χ3n) is 4.55. The second-order valence-electron chi connectivity index (χ2n) is 10.3. The fourth-order valence-corrected chi connectivity index (χ4v) is 3.15. The second kappa shape index (κ2) is 9.98. The molecule has 0 saturated carbocycles. The first-order valence-corrected chi connectivity index (χ1v) is 10.6. The van der Waals surface area contributed by atoms with Gasteiger partial charge in [-0.15, -0.1) is 0 Å². The number of aromatic nitrogens is 2. The van der Waals surface area contributed by atoms with Gasteiger partial charge in [0.25, 0.3) is 0 Å². The van der Waals surface area contributed by atoms with Crippen molar-refractivity contribution < 1.29 is 29.4 Å². The number of carboxylic acids is 2. The number of fused-ring (bicyclic) bond motifs is 1. The van der Waals surface area contributed by atoms with E-state index in [2.05, 4.69) is 15.3 Å². The van der Waals surface area contributed by atoms with Gasteiger partial charge in [0.2, 0.25) is 11.8 Å². The number of imide groups is 1. The van der Waals surface area contributed by atoms with Gasteiger partial charge >= 0.3 is 11.9 Å². The average Bonchev–Trinajstić information content (AvgIpc) is 2.65. The molecule has 3 N–H and O–H groups in total. The predicted octanol–water partition coefficient (Wildman–Crippen LogP) is 3.83. The molecule has 0 unspecified atom stereocenters. The minimum absolute atomic E-state index is 0.123. The molecule has 2 aromatic rings. The molecule has 0 spiro atoms. The fraction of sp³-hybridized carbons (Fsp3) is 0.417. The Hall–Kier alpha value is -3.82. The molecule has 0 aliphatic heterocycles. The zero-order valence-corrected chi connectivity index (χ0v) is 20.2. The molecule has 10 nitrogen and oxygen atoms in total. The van der Waals surface area contributed by atoms with E-state index in [-0.39, 0.29) is 41.3 Å². The Bertz CT molecular complexity index is 1110. The lowest BCUT2D eigenvalue weighted by Crippen LogP contribution is -2.40. The lowest BCUT2D eigenvalue weighted by molar-refractivity contribution is -0.140. The lowest BCUT2D eigenvalue weighted by atomic mass is 9.89. The highest BCUT2D eigenvalue weighted by atomic mass is 16.4. The smallest absolute Gasteiger partial charge is 0.344 e. The predicted molar refractivity (Wildman–Crippen MR) is 127 cm³/mol. The van der Waals surface area contributed by atoms with E-state index in [0.717, 1.165) is 11.1 Å². The Morgan fingerprint density at radius 2 is 1.44 bits per heavy atom. The second-order valence-corrected chi connectivity index (χ2v) is 10.3. The highest BCUT2D eigenvalue weighted by molar-refractivity contribution is 6.16. The topological polar surface area (TPSA) is 150 Å². The normalized spacial score (nSPS) is 11.6. The number of carbonyl (C=O) groups is 4. The Morgan fingerprint density at radius 1 is 0.912 bits per heavy atom. The highest BCUT2D eigenvalue weighted by Gasteiger charge is 2.30. The van der Waals surface area contributed by atoms with Crippen LogP contribution in [0.1, 0.15) is 54.4 Å². The third kappa shape index (κ3) is 7.09. The minimum Gasteiger partial charge on any atom is -0.477 e. The van der Waals surface area contributed by atoms with Crippen molar-refractivity contribution in [3.63, 3.8) is 0 Å². The first kappa shape index (κ1) is 26.4. The molecule has 2 amide bonds. The van der Waals surface area contributed by atoms with Gasteiger partial charge in [-0.3, -0.25) is 14.5 Å². The molecule has 34 heavy (non-hydrogen) atoms. The monoisotopic (exact) mass is 470 g/mol. The zero-order valence-electron chi connectivity index (χ0n) is 20.2.